The summed E-state index contributed by atoms with van der Waals surface area (Å²) in [4.78, 5) is 20.9. The van der Waals surface area contributed by atoms with E-state index in [1.165, 1.54) is 71.0 Å². The first kappa shape index (κ1) is 30.0. The molecule has 256 valence electrons. The van der Waals surface area contributed by atoms with Gasteiger partial charge in [-0.3, -0.25) is 0 Å². The molecule has 4 heteroatoms. The third-order valence-corrected chi connectivity index (χ3v) is 14.1. The van der Waals surface area contributed by atoms with Crippen LogP contribution in [0, 0.1) is 23.7 Å². The number of rotatable bonds is 3. The van der Waals surface area contributed by atoms with Crippen molar-refractivity contribution in [3.63, 3.8) is 0 Å². The van der Waals surface area contributed by atoms with Gasteiger partial charge in [0.05, 0.1) is 5.52 Å². The third kappa shape index (κ3) is 4.02. The molecule has 0 unspecified atom stereocenters. The second-order valence-corrected chi connectivity index (χ2v) is 17.1. The molecule has 4 saturated carbocycles. The standard InChI is InChI=1S/C49H40N4/c1-48(2)39-17-8-7-14-34(39)37-27-41-38(26-40(37)48)35-15-10-16-36(44(35)49(41)32-22-28-21-29(24-32)25-33(49)23-28)46-51-45(31-12-4-3-5-13-31)52-47(53-46)43-20-19-30-11-6-9-18-42(30)50-43/h3-20,26-29,32-33H,21-25H2,1-2H3. The maximum Gasteiger partial charge on any atom is 0.182 e. The number of benzene rings is 5. The molecule has 13 rings (SSSR count). The van der Waals surface area contributed by atoms with Crippen molar-refractivity contribution in [1.29, 1.82) is 0 Å². The number of hydrogen-bond donors (Lipinski definition) is 0. The predicted octanol–water partition coefficient (Wildman–Crippen LogP) is 11.4. The van der Waals surface area contributed by atoms with Gasteiger partial charge in [0, 0.05) is 27.3 Å². The van der Waals surface area contributed by atoms with E-state index in [0.29, 0.717) is 23.5 Å². The maximum atomic E-state index is 5.37. The van der Waals surface area contributed by atoms with Crippen LogP contribution in [0.3, 0.4) is 0 Å². The van der Waals surface area contributed by atoms with Gasteiger partial charge >= 0.3 is 0 Å². The van der Waals surface area contributed by atoms with Crippen LogP contribution >= 0.6 is 0 Å². The van der Waals surface area contributed by atoms with Crippen LogP contribution in [0.5, 0.6) is 0 Å². The Kier molecular flexibility index (Phi) is 5.99. The average molecular weight is 685 g/mol. The molecule has 4 nitrogen and oxygen atoms in total. The van der Waals surface area contributed by atoms with Gasteiger partial charge in [0.1, 0.15) is 5.69 Å². The van der Waals surface area contributed by atoms with E-state index >= 15 is 0 Å². The summed E-state index contributed by atoms with van der Waals surface area (Å²) in [5, 5.41) is 1.11. The summed E-state index contributed by atoms with van der Waals surface area (Å²) < 4.78 is 0. The summed E-state index contributed by atoms with van der Waals surface area (Å²) in [6, 6.07) is 44.2. The first-order chi connectivity index (χ1) is 26.0. The first-order valence-corrected chi connectivity index (χ1v) is 19.6. The Morgan fingerprint density at radius 3 is 1.94 bits per heavy atom. The van der Waals surface area contributed by atoms with Crippen LogP contribution in [-0.2, 0) is 10.8 Å². The molecule has 0 atom stereocenters. The van der Waals surface area contributed by atoms with Gasteiger partial charge in [-0.25, -0.2) is 19.9 Å². The fourth-order valence-electron chi connectivity index (χ4n) is 12.1. The van der Waals surface area contributed by atoms with Gasteiger partial charge in [0.2, 0.25) is 0 Å². The monoisotopic (exact) mass is 684 g/mol. The van der Waals surface area contributed by atoms with Gasteiger partial charge in [0.25, 0.3) is 0 Å². The molecule has 4 bridgehead atoms. The molecule has 0 saturated heterocycles. The molecule has 5 aromatic carbocycles. The Morgan fingerprint density at radius 1 is 0.472 bits per heavy atom. The van der Waals surface area contributed by atoms with Crippen LogP contribution < -0.4 is 0 Å². The fraction of sp³-hybridized carbons (Fsp3) is 0.265. The molecule has 0 N–H and O–H groups in total. The van der Waals surface area contributed by atoms with Crippen LogP contribution in [0.25, 0.3) is 67.5 Å². The second-order valence-electron chi connectivity index (χ2n) is 17.1. The Labute approximate surface area is 310 Å². The Morgan fingerprint density at radius 2 is 1.11 bits per heavy atom. The van der Waals surface area contributed by atoms with E-state index in [4.69, 9.17) is 19.9 Å². The molecule has 53 heavy (non-hydrogen) atoms. The molecular formula is C49H40N4. The van der Waals surface area contributed by atoms with Gasteiger partial charge in [-0.15, -0.1) is 0 Å². The third-order valence-electron chi connectivity index (χ3n) is 14.1. The molecular weight excluding hydrogens is 645 g/mol. The zero-order valence-electron chi connectivity index (χ0n) is 30.2. The van der Waals surface area contributed by atoms with Crippen LogP contribution in [-0.4, -0.2) is 19.9 Å². The van der Waals surface area contributed by atoms with E-state index < -0.39 is 0 Å². The molecule has 4 fully saturated rings. The summed E-state index contributed by atoms with van der Waals surface area (Å²) in [5.41, 5.74) is 15.3. The highest BCUT2D eigenvalue weighted by atomic mass is 15.0. The minimum Gasteiger partial charge on any atom is -0.244 e. The minimum absolute atomic E-state index is 0.0564. The van der Waals surface area contributed by atoms with E-state index in [2.05, 4.69) is 123 Å². The Hall–Kier alpha value is -5.48. The van der Waals surface area contributed by atoms with Crippen molar-refractivity contribution in [3.8, 4) is 56.5 Å². The Balaban J connectivity index is 1.13. The maximum absolute atomic E-state index is 5.37. The predicted molar refractivity (Wildman–Crippen MR) is 212 cm³/mol. The van der Waals surface area contributed by atoms with E-state index in [1.807, 2.05) is 12.1 Å². The molecule has 0 aliphatic heterocycles. The van der Waals surface area contributed by atoms with E-state index in [0.717, 1.165) is 45.4 Å². The van der Waals surface area contributed by atoms with Gasteiger partial charge in [-0.1, -0.05) is 111 Å². The highest BCUT2D eigenvalue weighted by Crippen LogP contribution is 2.71. The zero-order chi connectivity index (χ0) is 35.1. The molecule has 6 aliphatic rings. The summed E-state index contributed by atoms with van der Waals surface area (Å²) in [6.07, 6.45) is 6.69. The van der Waals surface area contributed by atoms with Gasteiger partial charge < -0.3 is 0 Å². The van der Waals surface area contributed by atoms with Gasteiger partial charge in [0.15, 0.2) is 17.5 Å². The normalized spacial score (nSPS) is 25.0. The van der Waals surface area contributed by atoms with Crippen molar-refractivity contribution >= 4 is 10.9 Å². The molecule has 1 spiro atoms. The average Bonchev–Trinajstić information content (AvgIpc) is 3.61. The molecule has 2 heterocycles. The number of hydrogen-bond acceptors (Lipinski definition) is 4. The summed E-state index contributed by atoms with van der Waals surface area (Å²) in [6.45, 7) is 4.82. The van der Waals surface area contributed by atoms with Gasteiger partial charge in [-0.05, 0) is 125 Å². The van der Waals surface area contributed by atoms with Gasteiger partial charge in [-0.2, -0.15) is 0 Å². The van der Waals surface area contributed by atoms with Crippen LogP contribution in [0.15, 0.2) is 121 Å². The van der Waals surface area contributed by atoms with E-state index in [9.17, 15) is 0 Å². The summed E-state index contributed by atoms with van der Waals surface area (Å²) in [7, 11) is 0. The van der Waals surface area contributed by atoms with Crippen LogP contribution in [0.2, 0.25) is 0 Å². The highest BCUT2D eigenvalue weighted by molar-refractivity contribution is 5.93. The summed E-state index contributed by atoms with van der Waals surface area (Å²) >= 11 is 0. The molecule has 0 radical (unpaired) electrons. The molecule has 6 aliphatic carbocycles. The number of para-hydroxylation sites is 1. The first-order valence-electron chi connectivity index (χ1n) is 19.6. The molecule has 2 aromatic heterocycles. The minimum atomic E-state index is -0.0632. The lowest BCUT2D eigenvalue weighted by molar-refractivity contribution is -0.0397. The molecule has 0 amide bonds. The second kappa shape index (κ2) is 10.6. The quantitative estimate of drug-likeness (QED) is 0.186. The number of pyridine rings is 1. The topological polar surface area (TPSA) is 51.6 Å². The van der Waals surface area contributed by atoms with Crippen molar-refractivity contribution in [3.05, 3.63) is 144 Å². The SMILES string of the molecule is CC1(C)c2ccccc2-c2cc3c(cc21)-c1cccc(-c2nc(-c4ccccc4)nc(-c4ccc5ccccc5n4)n2)c1C31C2CC3CC(C2)CC1C3. The van der Waals surface area contributed by atoms with Crippen molar-refractivity contribution in [2.24, 2.45) is 23.7 Å². The lowest BCUT2D eigenvalue weighted by Crippen LogP contribution is -2.55. The number of nitrogens with zero attached hydrogens (tertiary/aromatic N) is 4. The van der Waals surface area contributed by atoms with Crippen molar-refractivity contribution in [2.45, 2.75) is 56.8 Å². The van der Waals surface area contributed by atoms with E-state index in [-0.39, 0.29) is 10.8 Å². The highest BCUT2D eigenvalue weighted by Gasteiger charge is 2.62. The summed E-state index contributed by atoms with van der Waals surface area (Å²) in [5.74, 6) is 4.97. The lowest BCUT2D eigenvalue weighted by atomic mass is 9.42. The largest absolute Gasteiger partial charge is 0.244 e. The smallest absolute Gasteiger partial charge is 0.182 e. The van der Waals surface area contributed by atoms with Crippen LogP contribution in [0.4, 0.5) is 0 Å². The zero-order valence-corrected chi connectivity index (χ0v) is 30.2. The van der Waals surface area contributed by atoms with Crippen molar-refractivity contribution in [1.82, 2.24) is 19.9 Å². The van der Waals surface area contributed by atoms with Crippen LogP contribution in [0.1, 0.15) is 68.2 Å². The van der Waals surface area contributed by atoms with E-state index in [1.54, 1.807) is 5.56 Å². The Bertz CT molecular complexity index is 2640. The fourth-order valence-corrected chi connectivity index (χ4v) is 12.1. The van der Waals surface area contributed by atoms with Crippen molar-refractivity contribution < 1.29 is 0 Å². The lowest BCUT2D eigenvalue weighted by Gasteiger charge is -2.61. The number of aromatic nitrogens is 4. The molecule has 7 aromatic rings. The number of fused-ring (bicyclic) bond motifs is 7. The van der Waals surface area contributed by atoms with Crippen molar-refractivity contribution in [2.75, 3.05) is 0 Å².